The van der Waals surface area contributed by atoms with E-state index in [1.54, 1.807) is 14.2 Å². The molecule has 3 heterocycles. The maximum Gasteiger partial charge on any atom is 0.164 e. The van der Waals surface area contributed by atoms with Gasteiger partial charge in [0.05, 0.1) is 25.6 Å². The van der Waals surface area contributed by atoms with Gasteiger partial charge in [0.1, 0.15) is 18.0 Å². The number of aromatic nitrogens is 2. The predicted octanol–water partition coefficient (Wildman–Crippen LogP) is 2.91. The number of hydrogen-bond acceptors (Lipinski definition) is 4. The molecule has 0 amide bonds. The number of imidazole rings is 1. The molecule has 2 aromatic heterocycles. The van der Waals surface area contributed by atoms with Crippen molar-refractivity contribution in [3.63, 3.8) is 0 Å². The van der Waals surface area contributed by atoms with Crippen LogP contribution in [0, 0.1) is 0 Å². The van der Waals surface area contributed by atoms with Crippen molar-refractivity contribution in [2.24, 2.45) is 0 Å². The van der Waals surface area contributed by atoms with Gasteiger partial charge >= 0.3 is 0 Å². The van der Waals surface area contributed by atoms with Gasteiger partial charge in [0.2, 0.25) is 0 Å². The molecule has 0 fully saturated rings. The highest BCUT2D eigenvalue weighted by atomic mass is 16.5. The summed E-state index contributed by atoms with van der Waals surface area (Å²) >= 11 is 0. The summed E-state index contributed by atoms with van der Waals surface area (Å²) in [5, 5.41) is 0. The van der Waals surface area contributed by atoms with E-state index in [1.165, 1.54) is 0 Å². The van der Waals surface area contributed by atoms with Crippen molar-refractivity contribution in [3.8, 4) is 28.5 Å². The number of hydrogen-bond donors (Lipinski definition) is 0. The van der Waals surface area contributed by atoms with E-state index in [1.807, 2.05) is 36.5 Å². The molecule has 3 aromatic rings. The van der Waals surface area contributed by atoms with Crippen LogP contribution in [0.3, 0.4) is 0 Å². The lowest BCUT2D eigenvalue weighted by Gasteiger charge is -2.19. The van der Waals surface area contributed by atoms with Crippen LogP contribution in [0.1, 0.15) is 5.69 Å². The fourth-order valence-corrected chi connectivity index (χ4v) is 2.71. The summed E-state index contributed by atoms with van der Waals surface area (Å²) in [4.78, 5) is 4.71. The molecule has 0 saturated carbocycles. The van der Waals surface area contributed by atoms with Gasteiger partial charge in [0, 0.05) is 17.8 Å². The summed E-state index contributed by atoms with van der Waals surface area (Å²) in [5.41, 5.74) is 3.82. The van der Waals surface area contributed by atoms with Gasteiger partial charge in [0.15, 0.2) is 11.5 Å². The SMILES string of the molecule is COc1cc2c(cc1OC)-c1nc3ccccn3c1CO2. The van der Waals surface area contributed by atoms with E-state index in [0.29, 0.717) is 18.1 Å². The lowest BCUT2D eigenvalue weighted by Crippen LogP contribution is -2.07. The Morgan fingerprint density at radius 1 is 1.14 bits per heavy atom. The Labute approximate surface area is 121 Å². The van der Waals surface area contributed by atoms with Gasteiger partial charge in [-0.1, -0.05) is 6.07 Å². The van der Waals surface area contributed by atoms with Crippen molar-refractivity contribution >= 4 is 5.65 Å². The van der Waals surface area contributed by atoms with Gasteiger partial charge in [-0.2, -0.15) is 0 Å². The molecule has 0 spiro atoms. The summed E-state index contributed by atoms with van der Waals surface area (Å²) in [6.07, 6.45) is 2.00. The Morgan fingerprint density at radius 3 is 2.76 bits per heavy atom. The van der Waals surface area contributed by atoms with Crippen molar-refractivity contribution in [1.29, 1.82) is 0 Å². The zero-order valence-corrected chi connectivity index (χ0v) is 11.8. The fourth-order valence-electron chi connectivity index (χ4n) is 2.71. The number of nitrogens with zero attached hydrogens (tertiary/aromatic N) is 2. The van der Waals surface area contributed by atoms with E-state index >= 15 is 0 Å². The van der Waals surface area contributed by atoms with Gasteiger partial charge in [-0.15, -0.1) is 0 Å². The standard InChI is InChI=1S/C16H14N2O3/c1-19-13-7-10-12(8-14(13)20-2)21-9-11-16(10)17-15-5-3-4-6-18(11)15/h3-8H,9H2,1-2H3. The Hall–Kier alpha value is -2.69. The molecule has 0 radical (unpaired) electrons. The van der Waals surface area contributed by atoms with Crippen LogP contribution in [0.15, 0.2) is 36.5 Å². The van der Waals surface area contributed by atoms with Crippen LogP contribution in [0.2, 0.25) is 0 Å². The molecule has 5 heteroatoms. The minimum absolute atomic E-state index is 0.489. The van der Waals surface area contributed by atoms with E-state index in [2.05, 4.69) is 4.40 Å². The summed E-state index contributed by atoms with van der Waals surface area (Å²) < 4.78 is 18.6. The second-order valence-electron chi connectivity index (χ2n) is 4.83. The predicted molar refractivity (Wildman–Crippen MR) is 78.1 cm³/mol. The third-order valence-corrected chi connectivity index (χ3v) is 3.73. The number of pyridine rings is 1. The second-order valence-corrected chi connectivity index (χ2v) is 4.83. The topological polar surface area (TPSA) is 45.0 Å². The van der Waals surface area contributed by atoms with Crippen LogP contribution in [-0.2, 0) is 6.61 Å². The molecule has 5 nitrogen and oxygen atoms in total. The van der Waals surface area contributed by atoms with E-state index in [9.17, 15) is 0 Å². The first-order valence-corrected chi connectivity index (χ1v) is 6.67. The number of ether oxygens (including phenoxy) is 3. The Morgan fingerprint density at radius 2 is 1.95 bits per heavy atom. The molecule has 21 heavy (non-hydrogen) atoms. The van der Waals surface area contributed by atoms with Crippen LogP contribution in [0.25, 0.3) is 16.9 Å². The molecular formula is C16H14N2O3. The average Bonchev–Trinajstić information content (AvgIpc) is 2.92. The van der Waals surface area contributed by atoms with Crippen LogP contribution in [-0.4, -0.2) is 23.6 Å². The van der Waals surface area contributed by atoms with Gasteiger partial charge in [0.25, 0.3) is 0 Å². The summed E-state index contributed by atoms with van der Waals surface area (Å²) in [7, 11) is 3.24. The van der Waals surface area contributed by atoms with Crippen molar-refractivity contribution in [1.82, 2.24) is 9.38 Å². The smallest absolute Gasteiger partial charge is 0.164 e. The highest BCUT2D eigenvalue weighted by Gasteiger charge is 2.25. The first kappa shape index (κ1) is 12.1. The van der Waals surface area contributed by atoms with E-state index in [0.717, 1.165) is 28.3 Å². The Balaban J connectivity index is 1.99. The molecule has 106 valence electrons. The van der Waals surface area contributed by atoms with Crippen molar-refractivity contribution in [3.05, 3.63) is 42.2 Å². The molecule has 0 bridgehead atoms. The molecular weight excluding hydrogens is 268 g/mol. The molecule has 1 aromatic carbocycles. The first-order chi connectivity index (χ1) is 10.3. The lowest BCUT2D eigenvalue weighted by molar-refractivity contribution is 0.291. The molecule has 0 unspecified atom stereocenters. The molecule has 0 N–H and O–H groups in total. The van der Waals surface area contributed by atoms with Gasteiger partial charge in [-0.25, -0.2) is 4.98 Å². The third-order valence-electron chi connectivity index (χ3n) is 3.73. The summed E-state index contributed by atoms with van der Waals surface area (Å²) in [6, 6.07) is 9.71. The van der Waals surface area contributed by atoms with E-state index in [4.69, 9.17) is 19.2 Å². The van der Waals surface area contributed by atoms with Crippen molar-refractivity contribution < 1.29 is 14.2 Å². The summed E-state index contributed by atoms with van der Waals surface area (Å²) in [5.74, 6) is 2.09. The molecule has 1 aliphatic heterocycles. The maximum atomic E-state index is 5.86. The maximum absolute atomic E-state index is 5.86. The zero-order valence-electron chi connectivity index (χ0n) is 11.8. The van der Waals surface area contributed by atoms with Gasteiger partial charge in [-0.3, -0.25) is 4.40 Å². The van der Waals surface area contributed by atoms with Gasteiger partial charge in [-0.05, 0) is 18.2 Å². The third kappa shape index (κ3) is 1.67. The second kappa shape index (κ2) is 4.41. The normalized spacial score (nSPS) is 12.5. The zero-order chi connectivity index (χ0) is 14.4. The first-order valence-electron chi connectivity index (χ1n) is 6.67. The Kier molecular flexibility index (Phi) is 2.54. The number of benzene rings is 1. The minimum atomic E-state index is 0.489. The largest absolute Gasteiger partial charge is 0.493 e. The summed E-state index contributed by atoms with van der Waals surface area (Å²) in [6.45, 7) is 0.489. The van der Waals surface area contributed by atoms with E-state index < -0.39 is 0 Å². The molecule has 4 rings (SSSR count). The van der Waals surface area contributed by atoms with Crippen LogP contribution in [0.5, 0.6) is 17.2 Å². The van der Waals surface area contributed by atoms with Crippen LogP contribution in [0.4, 0.5) is 0 Å². The van der Waals surface area contributed by atoms with Crippen LogP contribution >= 0.6 is 0 Å². The van der Waals surface area contributed by atoms with Crippen molar-refractivity contribution in [2.75, 3.05) is 14.2 Å². The van der Waals surface area contributed by atoms with Crippen molar-refractivity contribution in [2.45, 2.75) is 6.61 Å². The monoisotopic (exact) mass is 282 g/mol. The molecule has 0 aliphatic carbocycles. The fraction of sp³-hybridized carbons (Fsp3) is 0.188. The quantitative estimate of drug-likeness (QED) is 0.725. The molecule has 0 atom stereocenters. The number of rotatable bonds is 2. The number of fused-ring (bicyclic) bond motifs is 5. The minimum Gasteiger partial charge on any atom is -0.493 e. The van der Waals surface area contributed by atoms with Gasteiger partial charge < -0.3 is 14.2 Å². The highest BCUT2D eigenvalue weighted by Crippen LogP contribution is 2.43. The Bertz CT molecular complexity index is 839. The van der Waals surface area contributed by atoms with Crippen LogP contribution < -0.4 is 14.2 Å². The van der Waals surface area contributed by atoms with E-state index in [-0.39, 0.29) is 0 Å². The molecule has 0 saturated heterocycles. The lowest BCUT2D eigenvalue weighted by atomic mass is 10.1. The average molecular weight is 282 g/mol. The highest BCUT2D eigenvalue weighted by molar-refractivity contribution is 5.76. The number of methoxy groups -OCH3 is 2. The molecule has 1 aliphatic rings.